The van der Waals surface area contributed by atoms with Crippen LogP contribution in [0.4, 0.5) is 0 Å². The molecule has 0 saturated carbocycles. The van der Waals surface area contributed by atoms with Crippen molar-refractivity contribution in [2.45, 2.75) is 0 Å². The molecule has 6 nitrogen and oxygen atoms in total. The van der Waals surface area contributed by atoms with Crippen LogP contribution in [-0.4, -0.2) is 19.5 Å². The van der Waals surface area contributed by atoms with Gasteiger partial charge in [0, 0.05) is 54.6 Å². The summed E-state index contributed by atoms with van der Waals surface area (Å²) in [7, 11) is 0. The minimum atomic E-state index is 0.569. The van der Waals surface area contributed by atoms with E-state index in [1.54, 1.807) is 0 Å². The number of hydrogen-bond donors (Lipinski definition) is 0. The number of aromatic nitrogens is 4. The Bertz CT molecular complexity index is 4290. The van der Waals surface area contributed by atoms with Crippen LogP contribution in [0.15, 0.2) is 239 Å². The molecule has 6 heteroatoms. The second kappa shape index (κ2) is 15.6. The van der Waals surface area contributed by atoms with E-state index in [1.165, 1.54) is 21.9 Å². The van der Waals surface area contributed by atoms with Crippen LogP contribution in [0.2, 0.25) is 0 Å². The second-order valence-corrected chi connectivity index (χ2v) is 17.5. The zero-order valence-corrected chi connectivity index (χ0v) is 37.0. The average Bonchev–Trinajstić information content (AvgIpc) is 4.10. The molecule has 69 heavy (non-hydrogen) atoms. The molecule has 0 aliphatic heterocycles. The van der Waals surface area contributed by atoms with Crippen molar-refractivity contribution < 1.29 is 8.83 Å². The summed E-state index contributed by atoms with van der Waals surface area (Å²) in [4.78, 5) is 15.1. The Kier molecular flexibility index (Phi) is 8.79. The predicted molar refractivity (Wildman–Crippen MR) is 281 cm³/mol. The maximum Gasteiger partial charge on any atom is 0.164 e. The van der Waals surface area contributed by atoms with E-state index in [2.05, 4.69) is 187 Å². The highest BCUT2D eigenvalue weighted by molar-refractivity contribution is 6.18. The maximum atomic E-state index is 6.87. The van der Waals surface area contributed by atoms with Gasteiger partial charge in [-0.2, -0.15) is 0 Å². The number of para-hydroxylation sites is 2. The Balaban J connectivity index is 0.927. The average molecular weight is 883 g/mol. The Morgan fingerprint density at radius 3 is 1.46 bits per heavy atom. The third kappa shape index (κ3) is 6.45. The van der Waals surface area contributed by atoms with Crippen molar-refractivity contribution in [3.05, 3.63) is 231 Å². The van der Waals surface area contributed by atoms with E-state index in [4.69, 9.17) is 23.8 Å². The van der Waals surface area contributed by atoms with E-state index in [0.717, 1.165) is 99.5 Å². The normalized spacial score (nSPS) is 11.8. The van der Waals surface area contributed by atoms with Gasteiger partial charge in [0.15, 0.2) is 17.5 Å². The summed E-state index contributed by atoms with van der Waals surface area (Å²) in [6.45, 7) is 0. The van der Waals surface area contributed by atoms with Gasteiger partial charge in [-0.3, -0.25) is 0 Å². The van der Waals surface area contributed by atoms with E-state index >= 15 is 0 Å². The van der Waals surface area contributed by atoms with Crippen molar-refractivity contribution in [2.75, 3.05) is 0 Å². The highest BCUT2D eigenvalue weighted by Crippen LogP contribution is 2.45. The molecule has 14 rings (SSSR count). The van der Waals surface area contributed by atoms with Crippen LogP contribution < -0.4 is 0 Å². The van der Waals surface area contributed by atoms with Gasteiger partial charge in [0.1, 0.15) is 22.3 Å². The molecule has 0 saturated heterocycles. The van der Waals surface area contributed by atoms with Crippen molar-refractivity contribution in [3.63, 3.8) is 0 Å². The summed E-state index contributed by atoms with van der Waals surface area (Å²) in [5, 5.41) is 6.54. The first-order valence-corrected chi connectivity index (χ1v) is 23.2. The minimum Gasteiger partial charge on any atom is -0.456 e. The van der Waals surface area contributed by atoms with Crippen molar-refractivity contribution in [1.82, 2.24) is 19.5 Å². The molecular formula is C63H38N4O2. The van der Waals surface area contributed by atoms with Crippen molar-refractivity contribution >= 4 is 65.7 Å². The topological polar surface area (TPSA) is 69.9 Å². The molecule has 4 heterocycles. The zero-order valence-electron chi connectivity index (χ0n) is 37.0. The lowest BCUT2D eigenvalue weighted by molar-refractivity contribution is 0.668. The van der Waals surface area contributed by atoms with Gasteiger partial charge in [-0.05, 0) is 88.5 Å². The molecule has 0 N–H and O–H groups in total. The summed E-state index contributed by atoms with van der Waals surface area (Å²) in [5.74, 6) is 1.78. The standard InChI is InChI=1S/C63H38N4O2/c1-4-14-39(15-5-1)41-24-26-43(27-25-41)62-64-61(42-18-8-3-9-19-42)65-63(66-62)46-29-32-49-48-31-28-45(37-57(48)69-58(49)38-46)59-54(34-35-56-60(59)50-21-11-13-23-55(50)68-56)67-52-22-12-10-20-47(52)51-36-44(30-33-53(51)67)40-16-6-2-7-17-40/h1-38H. The maximum absolute atomic E-state index is 6.87. The molecular weight excluding hydrogens is 845 g/mol. The van der Waals surface area contributed by atoms with Gasteiger partial charge in [-0.15, -0.1) is 0 Å². The van der Waals surface area contributed by atoms with E-state index in [0.29, 0.717) is 17.5 Å². The molecule has 0 radical (unpaired) electrons. The molecule has 0 bridgehead atoms. The molecule has 0 amide bonds. The van der Waals surface area contributed by atoms with Crippen LogP contribution >= 0.6 is 0 Å². The molecule has 0 spiro atoms. The van der Waals surface area contributed by atoms with Gasteiger partial charge in [-0.1, -0.05) is 170 Å². The molecule has 0 atom stereocenters. The van der Waals surface area contributed by atoms with Crippen LogP contribution in [-0.2, 0) is 0 Å². The van der Waals surface area contributed by atoms with Crippen LogP contribution in [0.1, 0.15) is 0 Å². The predicted octanol–water partition coefficient (Wildman–Crippen LogP) is 16.8. The van der Waals surface area contributed by atoms with Crippen LogP contribution in [0.3, 0.4) is 0 Å². The Morgan fingerprint density at radius 2 is 0.754 bits per heavy atom. The van der Waals surface area contributed by atoms with E-state index < -0.39 is 0 Å². The monoisotopic (exact) mass is 882 g/mol. The van der Waals surface area contributed by atoms with Crippen molar-refractivity contribution in [1.29, 1.82) is 0 Å². The first-order chi connectivity index (χ1) is 34.2. The summed E-state index contributed by atoms with van der Waals surface area (Å²) in [6, 6.07) is 80.4. The summed E-state index contributed by atoms with van der Waals surface area (Å²) < 4.78 is 15.8. The fourth-order valence-corrected chi connectivity index (χ4v) is 10.2. The molecule has 322 valence electrons. The molecule has 10 aromatic carbocycles. The van der Waals surface area contributed by atoms with Crippen LogP contribution in [0, 0.1) is 0 Å². The molecule has 0 aliphatic rings. The lowest BCUT2D eigenvalue weighted by atomic mass is 9.96. The van der Waals surface area contributed by atoms with Crippen LogP contribution in [0.25, 0.3) is 139 Å². The number of hydrogen-bond acceptors (Lipinski definition) is 5. The van der Waals surface area contributed by atoms with Gasteiger partial charge in [0.25, 0.3) is 0 Å². The van der Waals surface area contributed by atoms with Gasteiger partial charge in [-0.25, -0.2) is 15.0 Å². The summed E-state index contributed by atoms with van der Waals surface area (Å²) in [6.07, 6.45) is 0. The number of nitrogens with zero attached hydrogens (tertiary/aromatic N) is 4. The summed E-state index contributed by atoms with van der Waals surface area (Å²) >= 11 is 0. The quantitative estimate of drug-likeness (QED) is 0.159. The fraction of sp³-hybridized carbons (Fsp3) is 0. The number of benzene rings is 10. The molecule has 0 fully saturated rings. The van der Waals surface area contributed by atoms with Crippen LogP contribution in [0.5, 0.6) is 0 Å². The van der Waals surface area contributed by atoms with Gasteiger partial charge in [0.2, 0.25) is 0 Å². The third-order valence-electron chi connectivity index (χ3n) is 13.5. The lowest BCUT2D eigenvalue weighted by Crippen LogP contribution is -2.00. The fourth-order valence-electron chi connectivity index (χ4n) is 10.2. The zero-order chi connectivity index (χ0) is 45.4. The van der Waals surface area contributed by atoms with Crippen molar-refractivity contribution in [3.8, 4) is 73.2 Å². The van der Waals surface area contributed by atoms with Crippen molar-refractivity contribution in [2.24, 2.45) is 0 Å². The van der Waals surface area contributed by atoms with Gasteiger partial charge in [0.05, 0.1) is 16.7 Å². The smallest absolute Gasteiger partial charge is 0.164 e. The number of furan rings is 2. The van der Waals surface area contributed by atoms with E-state index in [1.807, 2.05) is 48.5 Å². The first-order valence-electron chi connectivity index (χ1n) is 23.2. The molecule has 0 aliphatic carbocycles. The van der Waals surface area contributed by atoms with Gasteiger partial charge < -0.3 is 13.4 Å². The highest BCUT2D eigenvalue weighted by atomic mass is 16.3. The first kappa shape index (κ1) is 38.8. The minimum absolute atomic E-state index is 0.569. The largest absolute Gasteiger partial charge is 0.456 e. The Morgan fingerprint density at radius 1 is 0.275 bits per heavy atom. The van der Waals surface area contributed by atoms with Gasteiger partial charge >= 0.3 is 0 Å². The highest BCUT2D eigenvalue weighted by Gasteiger charge is 2.23. The number of fused-ring (bicyclic) bond motifs is 9. The van der Waals surface area contributed by atoms with E-state index in [9.17, 15) is 0 Å². The second-order valence-electron chi connectivity index (χ2n) is 17.5. The Labute approximate surface area is 396 Å². The lowest BCUT2D eigenvalue weighted by Gasteiger charge is -2.16. The third-order valence-corrected chi connectivity index (χ3v) is 13.5. The molecule has 14 aromatic rings. The molecule has 0 unspecified atom stereocenters. The Hall–Kier alpha value is -9.39. The molecule has 4 aromatic heterocycles. The summed E-state index contributed by atoms with van der Waals surface area (Å²) in [5.41, 5.74) is 15.9. The SMILES string of the molecule is c1ccc(-c2ccc(-c3nc(-c4ccccc4)nc(-c4ccc5c(c4)oc4cc(-c6c(-n7c8ccccc8c8cc(-c9ccccc9)ccc87)ccc7oc8ccccc8c67)ccc45)n3)cc2)cc1. The number of rotatable bonds is 7. The van der Waals surface area contributed by atoms with E-state index in [-0.39, 0.29) is 0 Å².